The van der Waals surface area contributed by atoms with Gasteiger partial charge in [-0.25, -0.2) is 0 Å². The van der Waals surface area contributed by atoms with Crippen molar-refractivity contribution in [2.24, 2.45) is 0 Å². The standard InChI is InChI=1S/C13H18N2O4/c1-19-12-4-6-14(7-5-12)13-3-2-11(15(17)18)8-10(13)9-16/h2-3,8,12,16H,4-7,9H2,1H3. The third kappa shape index (κ3) is 3.02. The first-order valence-electron chi connectivity index (χ1n) is 6.31. The van der Waals surface area contributed by atoms with Crippen LogP contribution in [-0.2, 0) is 11.3 Å². The molecule has 2 rings (SSSR count). The monoisotopic (exact) mass is 266 g/mol. The van der Waals surface area contributed by atoms with Crippen LogP contribution in [0.4, 0.5) is 11.4 Å². The van der Waals surface area contributed by atoms with Crippen LogP contribution in [0.25, 0.3) is 0 Å². The predicted molar refractivity (Wildman–Crippen MR) is 71.3 cm³/mol. The second-order valence-electron chi connectivity index (χ2n) is 4.65. The number of nitro benzene ring substituents is 1. The zero-order valence-electron chi connectivity index (χ0n) is 10.9. The van der Waals surface area contributed by atoms with E-state index in [-0.39, 0.29) is 18.4 Å². The molecule has 1 saturated heterocycles. The van der Waals surface area contributed by atoms with Crippen molar-refractivity contribution in [2.75, 3.05) is 25.1 Å². The van der Waals surface area contributed by atoms with Crippen LogP contribution in [0.2, 0.25) is 0 Å². The number of methoxy groups -OCH3 is 1. The molecule has 0 aliphatic carbocycles. The van der Waals surface area contributed by atoms with Crippen LogP contribution in [0.1, 0.15) is 18.4 Å². The van der Waals surface area contributed by atoms with Crippen LogP contribution < -0.4 is 4.90 Å². The Kier molecular flexibility index (Phi) is 4.34. The summed E-state index contributed by atoms with van der Waals surface area (Å²) in [7, 11) is 1.71. The minimum absolute atomic E-state index is 0.0135. The van der Waals surface area contributed by atoms with Gasteiger partial charge >= 0.3 is 0 Å². The van der Waals surface area contributed by atoms with E-state index in [0.29, 0.717) is 5.56 Å². The molecule has 1 fully saturated rings. The lowest BCUT2D eigenvalue weighted by Crippen LogP contribution is -2.37. The zero-order valence-corrected chi connectivity index (χ0v) is 10.9. The minimum atomic E-state index is -0.444. The van der Waals surface area contributed by atoms with Gasteiger partial charge in [0.1, 0.15) is 0 Å². The number of nitrogens with zero attached hydrogens (tertiary/aromatic N) is 2. The van der Waals surface area contributed by atoms with Gasteiger partial charge in [0.2, 0.25) is 0 Å². The molecule has 1 aromatic rings. The van der Waals surface area contributed by atoms with Crippen molar-refractivity contribution in [1.82, 2.24) is 0 Å². The summed E-state index contributed by atoms with van der Waals surface area (Å²) in [5.74, 6) is 0. The van der Waals surface area contributed by atoms with Crippen LogP contribution in [0.5, 0.6) is 0 Å². The maximum absolute atomic E-state index is 10.7. The number of aliphatic hydroxyl groups is 1. The molecule has 19 heavy (non-hydrogen) atoms. The van der Waals surface area contributed by atoms with Gasteiger partial charge in [0.25, 0.3) is 5.69 Å². The lowest BCUT2D eigenvalue weighted by atomic mass is 10.0. The Morgan fingerprint density at radius 2 is 2.16 bits per heavy atom. The van der Waals surface area contributed by atoms with Gasteiger partial charge in [-0.2, -0.15) is 0 Å². The van der Waals surface area contributed by atoms with Crippen molar-refractivity contribution in [3.05, 3.63) is 33.9 Å². The fourth-order valence-electron chi connectivity index (χ4n) is 2.45. The van der Waals surface area contributed by atoms with E-state index < -0.39 is 4.92 Å². The highest BCUT2D eigenvalue weighted by Gasteiger charge is 2.21. The van der Waals surface area contributed by atoms with Crippen LogP contribution in [0.15, 0.2) is 18.2 Å². The number of benzene rings is 1. The highest BCUT2D eigenvalue weighted by molar-refractivity contribution is 5.58. The summed E-state index contributed by atoms with van der Waals surface area (Å²) >= 11 is 0. The molecule has 0 aromatic heterocycles. The van der Waals surface area contributed by atoms with E-state index in [9.17, 15) is 15.2 Å². The number of nitro groups is 1. The Hall–Kier alpha value is -1.66. The van der Waals surface area contributed by atoms with Crippen LogP contribution >= 0.6 is 0 Å². The molecule has 6 heteroatoms. The van der Waals surface area contributed by atoms with Gasteiger partial charge in [0.15, 0.2) is 0 Å². The third-order valence-corrected chi connectivity index (χ3v) is 3.56. The van der Waals surface area contributed by atoms with E-state index in [1.165, 1.54) is 12.1 Å². The second-order valence-corrected chi connectivity index (χ2v) is 4.65. The van der Waals surface area contributed by atoms with Gasteiger partial charge in [-0.05, 0) is 18.9 Å². The van der Waals surface area contributed by atoms with E-state index in [0.717, 1.165) is 31.6 Å². The van der Waals surface area contributed by atoms with Crippen LogP contribution in [-0.4, -0.2) is 36.3 Å². The number of rotatable bonds is 4. The fraction of sp³-hybridized carbons (Fsp3) is 0.538. The molecular formula is C13H18N2O4. The van der Waals surface area contributed by atoms with E-state index in [1.807, 2.05) is 0 Å². The largest absolute Gasteiger partial charge is 0.392 e. The summed E-state index contributed by atoms with van der Waals surface area (Å²) in [5, 5.41) is 20.1. The Labute approximate surface area is 111 Å². The first-order valence-corrected chi connectivity index (χ1v) is 6.31. The first-order chi connectivity index (χ1) is 9.15. The SMILES string of the molecule is COC1CCN(c2ccc([N+](=O)[O-])cc2CO)CC1. The maximum Gasteiger partial charge on any atom is 0.269 e. The molecule has 0 atom stereocenters. The summed E-state index contributed by atoms with van der Waals surface area (Å²) < 4.78 is 5.32. The Balaban J connectivity index is 2.18. The molecule has 6 nitrogen and oxygen atoms in total. The summed E-state index contributed by atoms with van der Waals surface area (Å²) in [6.45, 7) is 1.48. The smallest absolute Gasteiger partial charge is 0.269 e. The van der Waals surface area contributed by atoms with Crippen molar-refractivity contribution >= 4 is 11.4 Å². The molecule has 0 bridgehead atoms. The summed E-state index contributed by atoms with van der Waals surface area (Å²) in [6.07, 6.45) is 2.14. The van der Waals surface area contributed by atoms with Gasteiger partial charge in [0, 0.05) is 43.6 Å². The molecule has 0 radical (unpaired) electrons. The highest BCUT2D eigenvalue weighted by Crippen LogP contribution is 2.28. The van der Waals surface area contributed by atoms with Crippen molar-refractivity contribution in [3.63, 3.8) is 0 Å². The van der Waals surface area contributed by atoms with Gasteiger partial charge in [-0.1, -0.05) is 0 Å². The Bertz CT molecular complexity index is 456. The molecule has 104 valence electrons. The lowest BCUT2D eigenvalue weighted by Gasteiger charge is -2.33. The van der Waals surface area contributed by atoms with Crippen molar-refractivity contribution in [3.8, 4) is 0 Å². The molecule has 0 amide bonds. The molecular weight excluding hydrogens is 248 g/mol. The van der Waals surface area contributed by atoms with Gasteiger partial charge in [-0.15, -0.1) is 0 Å². The van der Waals surface area contributed by atoms with E-state index >= 15 is 0 Å². The average Bonchev–Trinajstić information content (AvgIpc) is 2.46. The molecule has 1 aliphatic heterocycles. The number of ether oxygens (including phenoxy) is 1. The van der Waals surface area contributed by atoms with E-state index in [1.54, 1.807) is 13.2 Å². The normalized spacial score (nSPS) is 16.6. The number of hydrogen-bond donors (Lipinski definition) is 1. The summed E-state index contributed by atoms with van der Waals surface area (Å²) in [4.78, 5) is 12.4. The van der Waals surface area contributed by atoms with Gasteiger partial charge < -0.3 is 14.7 Å². The van der Waals surface area contributed by atoms with Crippen LogP contribution in [0.3, 0.4) is 0 Å². The van der Waals surface area contributed by atoms with Gasteiger partial charge in [0.05, 0.1) is 17.6 Å². The number of hydrogen-bond acceptors (Lipinski definition) is 5. The molecule has 0 saturated carbocycles. The first kappa shape index (κ1) is 13.8. The molecule has 1 aromatic carbocycles. The molecule has 1 N–H and O–H groups in total. The van der Waals surface area contributed by atoms with Crippen molar-refractivity contribution in [1.29, 1.82) is 0 Å². The minimum Gasteiger partial charge on any atom is -0.392 e. The molecule has 1 heterocycles. The maximum atomic E-state index is 10.7. The number of non-ortho nitro benzene ring substituents is 1. The lowest BCUT2D eigenvalue weighted by molar-refractivity contribution is -0.384. The number of piperidine rings is 1. The quantitative estimate of drug-likeness (QED) is 0.663. The Morgan fingerprint density at radius 3 is 2.68 bits per heavy atom. The Morgan fingerprint density at radius 1 is 1.47 bits per heavy atom. The third-order valence-electron chi connectivity index (χ3n) is 3.56. The second kappa shape index (κ2) is 5.99. The van der Waals surface area contributed by atoms with Gasteiger partial charge in [-0.3, -0.25) is 10.1 Å². The highest BCUT2D eigenvalue weighted by atomic mass is 16.6. The topological polar surface area (TPSA) is 75.8 Å². The van der Waals surface area contributed by atoms with E-state index in [4.69, 9.17) is 4.74 Å². The predicted octanol–water partition coefficient (Wildman–Crippen LogP) is 1.70. The van der Waals surface area contributed by atoms with E-state index in [2.05, 4.69) is 4.90 Å². The molecule has 1 aliphatic rings. The van der Waals surface area contributed by atoms with Crippen LogP contribution in [0, 0.1) is 10.1 Å². The summed E-state index contributed by atoms with van der Waals surface area (Å²) in [6, 6.07) is 4.64. The number of anilines is 1. The number of aliphatic hydroxyl groups excluding tert-OH is 1. The summed E-state index contributed by atoms with van der Waals surface area (Å²) in [5.41, 5.74) is 1.49. The fourth-order valence-corrected chi connectivity index (χ4v) is 2.45. The molecule has 0 spiro atoms. The van der Waals surface area contributed by atoms with Crippen molar-refractivity contribution < 1.29 is 14.8 Å². The average molecular weight is 266 g/mol. The molecule has 0 unspecified atom stereocenters. The van der Waals surface area contributed by atoms with Crippen molar-refractivity contribution in [2.45, 2.75) is 25.6 Å². The zero-order chi connectivity index (χ0) is 13.8.